The summed E-state index contributed by atoms with van der Waals surface area (Å²) in [6.45, 7) is 5.36. The van der Waals surface area contributed by atoms with Crippen molar-refractivity contribution >= 4 is 5.91 Å². The van der Waals surface area contributed by atoms with Crippen LogP contribution in [0.5, 0.6) is 0 Å². The molecule has 2 aromatic carbocycles. The molecule has 0 spiro atoms. The van der Waals surface area contributed by atoms with Crippen molar-refractivity contribution in [2.45, 2.75) is 26.9 Å². The average Bonchev–Trinajstić information content (AvgIpc) is 3.02. The Morgan fingerprint density at radius 3 is 2.44 bits per heavy atom. The molecule has 0 saturated carbocycles. The summed E-state index contributed by atoms with van der Waals surface area (Å²) >= 11 is 0. The number of hydrogen-bond donors (Lipinski definition) is 1. The Hall–Kier alpha value is -2.92. The first kappa shape index (κ1) is 18.9. The van der Waals surface area contributed by atoms with Crippen molar-refractivity contribution in [2.75, 3.05) is 14.1 Å². The summed E-state index contributed by atoms with van der Waals surface area (Å²) in [5.41, 5.74) is 5.88. The van der Waals surface area contributed by atoms with Crippen LogP contribution in [0.3, 0.4) is 0 Å². The molecule has 27 heavy (non-hydrogen) atoms. The van der Waals surface area contributed by atoms with Gasteiger partial charge in [0.2, 0.25) is 0 Å². The lowest BCUT2D eigenvalue weighted by atomic mass is 10.1. The van der Waals surface area contributed by atoms with Crippen molar-refractivity contribution in [3.05, 3.63) is 82.7 Å². The zero-order chi connectivity index (χ0) is 19.4. The molecule has 0 radical (unpaired) electrons. The highest BCUT2D eigenvalue weighted by Gasteiger charge is 2.15. The SMILES string of the molecule is Cc1cccc(-n2ncc(C(=O)NCc3ccc(CN(C)C)cc3)c2C)c1. The molecule has 3 rings (SSSR count). The summed E-state index contributed by atoms with van der Waals surface area (Å²) in [7, 11) is 4.10. The van der Waals surface area contributed by atoms with Crippen LogP contribution in [-0.2, 0) is 13.1 Å². The van der Waals surface area contributed by atoms with Gasteiger partial charge in [-0.3, -0.25) is 4.79 Å². The standard InChI is InChI=1S/C22H26N4O/c1-16-6-5-7-20(12-16)26-17(2)21(14-24-26)22(27)23-13-18-8-10-19(11-9-18)15-25(3)4/h5-12,14H,13,15H2,1-4H3,(H,23,27). The first-order valence-corrected chi connectivity index (χ1v) is 9.06. The Bertz CT molecular complexity index is 926. The van der Waals surface area contributed by atoms with Crippen LogP contribution in [0.25, 0.3) is 5.69 Å². The van der Waals surface area contributed by atoms with E-state index in [4.69, 9.17) is 0 Å². The van der Waals surface area contributed by atoms with Gasteiger partial charge in [0.25, 0.3) is 5.91 Å². The zero-order valence-electron chi connectivity index (χ0n) is 16.4. The summed E-state index contributed by atoms with van der Waals surface area (Å²) in [5, 5.41) is 7.38. The number of nitrogens with one attached hydrogen (secondary N) is 1. The minimum Gasteiger partial charge on any atom is -0.348 e. The molecular formula is C22H26N4O. The summed E-state index contributed by atoms with van der Waals surface area (Å²) in [5.74, 6) is -0.108. The Kier molecular flexibility index (Phi) is 5.72. The van der Waals surface area contributed by atoms with Crippen LogP contribution in [0.4, 0.5) is 0 Å². The number of aromatic nitrogens is 2. The van der Waals surface area contributed by atoms with Crippen LogP contribution >= 0.6 is 0 Å². The first-order valence-electron chi connectivity index (χ1n) is 9.06. The van der Waals surface area contributed by atoms with Gasteiger partial charge in [-0.25, -0.2) is 4.68 Å². The van der Waals surface area contributed by atoms with Crippen molar-refractivity contribution in [2.24, 2.45) is 0 Å². The molecule has 0 fully saturated rings. The van der Waals surface area contributed by atoms with Crippen LogP contribution in [0.1, 0.15) is 32.7 Å². The topological polar surface area (TPSA) is 50.2 Å². The van der Waals surface area contributed by atoms with E-state index in [-0.39, 0.29) is 5.91 Å². The lowest BCUT2D eigenvalue weighted by molar-refractivity contribution is 0.0950. The number of benzene rings is 2. The number of hydrogen-bond acceptors (Lipinski definition) is 3. The molecule has 1 heterocycles. The Balaban J connectivity index is 1.66. The Morgan fingerprint density at radius 2 is 1.78 bits per heavy atom. The fourth-order valence-corrected chi connectivity index (χ4v) is 3.06. The van der Waals surface area contributed by atoms with E-state index in [2.05, 4.69) is 45.6 Å². The Morgan fingerprint density at radius 1 is 1.07 bits per heavy atom. The predicted octanol–water partition coefficient (Wildman–Crippen LogP) is 3.48. The maximum Gasteiger partial charge on any atom is 0.255 e. The van der Waals surface area contributed by atoms with Crippen molar-refractivity contribution in [1.29, 1.82) is 0 Å². The van der Waals surface area contributed by atoms with Crippen molar-refractivity contribution in [3.63, 3.8) is 0 Å². The molecule has 0 saturated heterocycles. The summed E-state index contributed by atoms with van der Waals surface area (Å²) < 4.78 is 1.80. The first-order chi connectivity index (χ1) is 12.9. The second-order valence-corrected chi connectivity index (χ2v) is 7.13. The fraction of sp³-hybridized carbons (Fsp3) is 0.273. The molecule has 0 aliphatic rings. The molecule has 0 unspecified atom stereocenters. The van der Waals surface area contributed by atoms with Crippen molar-refractivity contribution in [1.82, 2.24) is 20.0 Å². The van der Waals surface area contributed by atoms with Crippen LogP contribution in [0.15, 0.2) is 54.7 Å². The molecular weight excluding hydrogens is 336 g/mol. The smallest absolute Gasteiger partial charge is 0.255 e. The summed E-state index contributed by atoms with van der Waals surface area (Å²) in [6.07, 6.45) is 1.63. The predicted molar refractivity (Wildman–Crippen MR) is 108 cm³/mol. The number of aryl methyl sites for hydroxylation is 1. The molecule has 0 bridgehead atoms. The van der Waals surface area contributed by atoms with Crippen LogP contribution < -0.4 is 5.32 Å². The molecule has 5 heteroatoms. The largest absolute Gasteiger partial charge is 0.348 e. The quantitative estimate of drug-likeness (QED) is 0.730. The molecule has 1 N–H and O–H groups in total. The molecule has 3 aromatic rings. The van der Waals surface area contributed by atoms with Gasteiger partial charge in [-0.1, -0.05) is 36.4 Å². The van der Waals surface area contributed by atoms with Gasteiger partial charge in [0.1, 0.15) is 0 Å². The minimum atomic E-state index is -0.108. The molecule has 5 nitrogen and oxygen atoms in total. The number of carbonyl (C=O) groups excluding carboxylic acids is 1. The molecule has 1 amide bonds. The monoisotopic (exact) mass is 362 g/mol. The van der Waals surface area contributed by atoms with E-state index in [1.807, 2.05) is 46.1 Å². The highest BCUT2D eigenvalue weighted by molar-refractivity contribution is 5.95. The van der Waals surface area contributed by atoms with Gasteiger partial charge >= 0.3 is 0 Å². The van der Waals surface area contributed by atoms with E-state index in [0.717, 1.165) is 29.1 Å². The second kappa shape index (κ2) is 8.18. The second-order valence-electron chi connectivity index (χ2n) is 7.13. The molecule has 0 aliphatic carbocycles. The molecule has 1 aromatic heterocycles. The van der Waals surface area contributed by atoms with E-state index in [0.29, 0.717) is 12.1 Å². The highest BCUT2D eigenvalue weighted by Crippen LogP contribution is 2.15. The van der Waals surface area contributed by atoms with Gasteiger partial charge in [0, 0.05) is 13.1 Å². The number of nitrogens with zero attached hydrogens (tertiary/aromatic N) is 3. The number of carbonyl (C=O) groups is 1. The minimum absolute atomic E-state index is 0.108. The van der Waals surface area contributed by atoms with Crippen molar-refractivity contribution < 1.29 is 4.79 Å². The molecule has 0 aliphatic heterocycles. The van der Waals surface area contributed by atoms with Crippen molar-refractivity contribution in [3.8, 4) is 5.69 Å². The normalized spacial score (nSPS) is 11.0. The fourth-order valence-electron chi connectivity index (χ4n) is 3.06. The van der Waals surface area contributed by atoms with Gasteiger partial charge in [0.05, 0.1) is 23.1 Å². The molecule has 0 atom stereocenters. The highest BCUT2D eigenvalue weighted by atomic mass is 16.1. The van der Waals surface area contributed by atoms with Crippen LogP contribution in [0.2, 0.25) is 0 Å². The maximum atomic E-state index is 12.6. The number of amides is 1. The number of rotatable bonds is 6. The van der Waals surface area contributed by atoms with Gasteiger partial charge in [-0.05, 0) is 56.8 Å². The zero-order valence-corrected chi connectivity index (χ0v) is 16.4. The summed E-state index contributed by atoms with van der Waals surface area (Å²) in [6, 6.07) is 16.4. The lowest BCUT2D eigenvalue weighted by Crippen LogP contribution is -2.23. The maximum absolute atomic E-state index is 12.6. The van der Waals surface area contributed by atoms with E-state index >= 15 is 0 Å². The lowest BCUT2D eigenvalue weighted by Gasteiger charge is -2.10. The van der Waals surface area contributed by atoms with Crippen LogP contribution in [0, 0.1) is 13.8 Å². The third-order valence-electron chi connectivity index (χ3n) is 4.48. The van der Waals surface area contributed by atoms with E-state index in [9.17, 15) is 4.79 Å². The Labute approximate surface area is 160 Å². The van der Waals surface area contributed by atoms with Gasteiger partial charge < -0.3 is 10.2 Å². The van der Waals surface area contributed by atoms with Crippen LogP contribution in [-0.4, -0.2) is 34.7 Å². The van der Waals surface area contributed by atoms with Gasteiger partial charge in [-0.2, -0.15) is 5.10 Å². The third-order valence-corrected chi connectivity index (χ3v) is 4.48. The third kappa shape index (κ3) is 4.63. The van der Waals surface area contributed by atoms with Gasteiger partial charge in [-0.15, -0.1) is 0 Å². The molecule has 140 valence electrons. The van der Waals surface area contributed by atoms with Gasteiger partial charge in [0.15, 0.2) is 0 Å². The van der Waals surface area contributed by atoms with E-state index in [1.54, 1.807) is 10.9 Å². The average molecular weight is 362 g/mol. The van der Waals surface area contributed by atoms with E-state index in [1.165, 1.54) is 5.56 Å². The summed E-state index contributed by atoms with van der Waals surface area (Å²) in [4.78, 5) is 14.7. The van der Waals surface area contributed by atoms with E-state index < -0.39 is 0 Å².